The van der Waals surface area contributed by atoms with E-state index >= 15 is 0 Å². The van der Waals surface area contributed by atoms with E-state index in [9.17, 15) is 9.18 Å². The van der Waals surface area contributed by atoms with Crippen LogP contribution in [0.4, 0.5) is 4.39 Å². The largest absolute Gasteiger partial charge is 0.303 e. The van der Waals surface area contributed by atoms with E-state index in [1.807, 2.05) is 0 Å². The minimum absolute atomic E-state index is 0.705. The first-order valence-corrected chi connectivity index (χ1v) is 5.17. The molecule has 1 nitrogen and oxygen atoms in total. The Kier molecular flexibility index (Phi) is 3.09. The van der Waals surface area contributed by atoms with Crippen LogP contribution in [0.15, 0.2) is 0 Å². The molecular weight excluding hydrogens is 167 g/mol. The molecule has 0 N–H and O–H groups in total. The molecule has 1 saturated carbocycles. The molecule has 1 aliphatic rings. The zero-order chi connectivity index (χ0) is 9.95. The first-order chi connectivity index (χ1) is 6.02. The Balaban J connectivity index is 2.83. The van der Waals surface area contributed by atoms with Crippen LogP contribution in [0.25, 0.3) is 0 Å². The summed E-state index contributed by atoms with van der Waals surface area (Å²) in [6, 6.07) is 0. The molecule has 2 heteroatoms. The molecule has 0 atom stereocenters. The maximum atomic E-state index is 13.9. The lowest BCUT2D eigenvalue weighted by Gasteiger charge is -2.36. The normalized spacial score (nSPS) is 23.6. The predicted octanol–water partition coefficient (Wildman–Crippen LogP) is 3.27. The lowest BCUT2D eigenvalue weighted by molar-refractivity contribution is -0.125. The van der Waals surface area contributed by atoms with Crippen LogP contribution in [0.1, 0.15) is 52.4 Å². The molecule has 0 unspecified atom stereocenters. The van der Waals surface area contributed by atoms with Crippen molar-refractivity contribution in [3.05, 3.63) is 0 Å². The number of carbonyl (C=O) groups is 1. The molecule has 0 aromatic carbocycles. The molecule has 0 aromatic rings. The van der Waals surface area contributed by atoms with Gasteiger partial charge in [0, 0.05) is 0 Å². The SMILES string of the molecule is CC(C)(F)C1(C=O)CCCCCC1. The Labute approximate surface area is 79.7 Å². The van der Waals surface area contributed by atoms with Gasteiger partial charge in [0.05, 0.1) is 5.41 Å². The Morgan fingerprint density at radius 1 is 1.15 bits per heavy atom. The van der Waals surface area contributed by atoms with Gasteiger partial charge in [0.1, 0.15) is 12.0 Å². The fraction of sp³-hybridized carbons (Fsp3) is 0.909. The van der Waals surface area contributed by atoms with Crippen LogP contribution in [-0.4, -0.2) is 12.0 Å². The number of carbonyl (C=O) groups excluding carboxylic acids is 1. The van der Waals surface area contributed by atoms with Crippen LogP contribution in [0, 0.1) is 5.41 Å². The molecule has 0 amide bonds. The van der Waals surface area contributed by atoms with Crippen molar-refractivity contribution < 1.29 is 9.18 Å². The van der Waals surface area contributed by atoms with Crippen LogP contribution in [0.5, 0.6) is 0 Å². The van der Waals surface area contributed by atoms with Gasteiger partial charge in [-0.05, 0) is 26.7 Å². The van der Waals surface area contributed by atoms with Gasteiger partial charge < -0.3 is 4.79 Å². The van der Waals surface area contributed by atoms with Crippen LogP contribution in [0.2, 0.25) is 0 Å². The van der Waals surface area contributed by atoms with Crippen molar-refractivity contribution in [1.29, 1.82) is 0 Å². The first kappa shape index (κ1) is 10.7. The summed E-state index contributed by atoms with van der Waals surface area (Å²) in [5, 5.41) is 0. The summed E-state index contributed by atoms with van der Waals surface area (Å²) in [7, 11) is 0. The average Bonchev–Trinajstić information content (AvgIpc) is 2.27. The van der Waals surface area contributed by atoms with Crippen molar-refractivity contribution in [3.8, 4) is 0 Å². The number of rotatable bonds is 2. The zero-order valence-electron chi connectivity index (χ0n) is 8.61. The Morgan fingerprint density at radius 2 is 1.62 bits per heavy atom. The highest BCUT2D eigenvalue weighted by atomic mass is 19.1. The van der Waals surface area contributed by atoms with E-state index in [0.29, 0.717) is 0 Å². The Hall–Kier alpha value is -0.400. The first-order valence-electron chi connectivity index (χ1n) is 5.17. The predicted molar refractivity (Wildman–Crippen MR) is 51.4 cm³/mol. The van der Waals surface area contributed by atoms with Gasteiger partial charge >= 0.3 is 0 Å². The molecule has 0 saturated heterocycles. The van der Waals surface area contributed by atoms with E-state index in [4.69, 9.17) is 0 Å². The van der Waals surface area contributed by atoms with Gasteiger partial charge in [-0.25, -0.2) is 4.39 Å². The summed E-state index contributed by atoms with van der Waals surface area (Å²) in [5.41, 5.74) is -2.07. The minimum Gasteiger partial charge on any atom is -0.303 e. The van der Waals surface area contributed by atoms with Gasteiger partial charge in [0.15, 0.2) is 0 Å². The standard InChI is InChI=1S/C11H19FO/c1-10(2,12)11(9-13)7-5-3-4-6-8-11/h9H,3-8H2,1-2H3. The Morgan fingerprint density at radius 3 is 1.92 bits per heavy atom. The summed E-state index contributed by atoms with van der Waals surface area (Å²) in [5.74, 6) is 0. The van der Waals surface area contributed by atoms with Crippen LogP contribution >= 0.6 is 0 Å². The van der Waals surface area contributed by atoms with E-state index in [-0.39, 0.29) is 0 Å². The Bertz CT molecular complexity index is 173. The van der Waals surface area contributed by atoms with E-state index in [2.05, 4.69) is 0 Å². The molecule has 0 spiro atoms. The monoisotopic (exact) mass is 186 g/mol. The van der Waals surface area contributed by atoms with Gasteiger partial charge in [0.2, 0.25) is 0 Å². The van der Waals surface area contributed by atoms with Gasteiger partial charge in [0.25, 0.3) is 0 Å². The molecular formula is C11H19FO. The fourth-order valence-corrected chi connectivity index (χ4v) is 2.21. The topological polar surface area (TPSA) is 17.1 Å². The molecule has 0 aromatic heterocycles. The van der Waals surface area contributed by atoms with Crippen LogP contribution in [-0.2, 0) is 4.79 Å². The second-order valence-electron chi connectivity index (χ2n) is 4.66. The van der Waals surface area contributed by atoms with E-state index in [1.54, 1.807) is 0 Å². The van der Waals surface area contributed by atoms with Gasteiger partial charge in [-0.1, -0.05) is 25.7 Å². The third kappa shape index (κ3) is 2.09. The van der Waals surface area contributed by atoms with Gasteiger partial charge in [-0.3, -0.25) is 0 Å². The fourth-order valence-electron chi connectivity index (χ4n) is 2.21. The molecule has 13 heavy (non-hydrogen) atoms. The van der Waals surface area contributed by atoms with Crippen LogP contribution in [0.3, 0.4) is 0 Å². The highest BCUT2D eigenvalue weighted by molar-refractivity contribution is 5.61. The van der Waals surface area contributed by atoms with Crippen molar-refractivity contribution in [2.45, 2.75) is 58.0 Å². The molecule has 0 radical (unpaired) electrons. The molecule has 1 aliphatic carbocycles. The van der Waals surface area contributed by atoms with Gasteiger partial charge in [-0.2, -0.15) is 0 Å². The summed E-state index contributed by atoms with van der Waals surface area (Å²) < 4.78 is 13.9. The second-order valence-corrected chi connectivity index (χ2v) is 4.66. The molecule has 0 bridgehead atoms. The summed E-state index contributed by atoms with van der Waals surface area (Å²) in [4.78, 5) is 11.0. The molecule has 0 aliphatic heterocycles. The minimum atomic E-state index is -1.36. The summed E-state index contributed by atoms with van der Waals surface area (Å²) in [6.45, 7) is 3.07. The van der Waals surface area contributed by atoms with Crippen molar-refractivity contribution in [1.82, 2.24) is 0 Å². The number of alkyl halides is 1. The second kappa shape index (κ2) is 3.77. The zero-order valence-corrected chi connectivity index (χ0v) is 8.61. The number of aldehydes is 1. The summed E-state index contributed by atoms with van der Waals surface area (Å²) in [6.07, 6.45) is 6.58. The lowest BCUT2D eigenvalue weighted by atomic mass is 9.71. The summed E-state index contributed by atoms with van der Waals surface area (Å²) >= 11 is 0. The van der Waals surface area contributed by atoms with Crippen molar-refractivity contribution in [3.63, 3.8) is 0 Å². The van der Waals surface area contributed by atoms with Crippen molar-refractivity contribution >= 4 is 6.29 Å². The van der Waals surface area contributed by atoms with Crippen molar-refractivity contribution in [2.24, 2.45) is 5.41 Å². The lowest BCUT2D eigenvalue weighted by Crippen LogP contribution is -2.41. The molecule has 1 rings (SSSR count). The maximum Gasteiger partial charge on any atom is 0.129 e. The van der Waals surface area contributed by atoms with Crippen LogP contribution < -0.4 is 0 Å². The third-order valence-corrected chi connectivity index (χ3v) is 3.41. The van der Waals surface area contributed by atoms with Crippen molar-refractivity contribution in [2.75, 3.05) is 0 Å². The third-order valence-electron chi connectivity index (χ3n) is 3.41. The van der Waals surface area contributed by atoms with E-state index in [1.165, 1.54) is 13.8 Å². The number of halogens is 1. The molecule has 0 heterocycles. The quantitative estimate of drug-likeness (QED) is 0.478. The average molecular weight is 186 g/mol. The number of hydrogen-bond acceptors (Lipinski definition) is 1. The van der Waals surface area contributed by atoms with E-state index in [0.717, 1.165) is 44.8 Å². The highest BCUT2D eigenvalue weighted by Crippen LogP contribution is 2.43. The maximum absolute atomic E-state index is 13.9. The number of hydrogen-bond donors (Lipinski definition) is 0. The van der Waals surface area contributed by atoms with E-state index < -0.39 is 11.1 Å². The molecule has 1 fully saturated rings. The van der Waals surface area contributed by atoms with Gasteiger partial charge in [-0.15, -0.1) is 0 Å². The highest BCUT2D eigenvalue weighted by Gasteiger charge is 2.45. The molecule has 76 valence electrons. The smallest absolute Gasteiger partial charge is 0.129 e.